The van der Waals surface area contributed by atoms with Gasteiger partial charge in [0.2, 0.25) is 0 Å². The maximum atomic E-state index is 9.72. The van der Waals surface area contributed by atoms with Crippen molar-refractivity contribution >= 4 is 23.6 Å². The van der Waals surface area contributed by atoms with E-state index in [0.29, 0.717) is 0 Å². The van der Waals surface area contributed by atoms with Gasteiger partial charge in [-0.15, -0.1) is 0 Å². The summed E-state index contributed by atoms with van der Waals surface area (Å²) in [5.74, 6) is 0.251. The highest BCUT2D eigenvalue weighted by atomic mass is 16.3. The van der Waals surface area contributed by atoms with Gasteiger partial charge in [-0.05, 0) is 30.3 Å². The molecule has 0 bridgehead atoms. The average molecular weight is 291 g/mol. The second kappa shape index (κ2) is 6.81. The predicted octanol–water partition coefficient (Wildman–Crippen LogP) is 3.74. The molecule has 0 spiro atoms. The molecule has 2 heteroatoms. The van der Waals surface area contributed by atoms with Gasteiger partial charge in [0, 0.05) is 21.6 Å². The number of aromatic hydroxyl groups is 1. The molecule has 0 radical (unpaired) electrons. The van der Waals surface area contributed by atoms with Crippen LogP contribution in [0.5, 0.6) is 5.75 Å². The quantitative estimate of drug-likeness (QED) is 0.764. The van der Waals surface area contributed by atoms with E-state index in [-0.39, 0.29) is 5.75 Å². The lowest BCUT2D eigenvalue weighted by Crippen LogP contribution is -2.26. The number of phenols is 1. The van der Waals surface area contributed by atoms with Crippen molar-refractivity contribution in [3.63, 3.8) is 0 Å². The van der Waals surface area contributed by atoms with Crippen molar-refractivity contribution in [3.8, 4) is 11.4 Å². The molecule has 0 saturated heterocycles. The Morgan fingerprint density at radius 2 is 1.73 bits per heavy atom. The number of allylic oxidation sites excluding steroid dienone is 1. The third kappa shape index (κ3) is 2.68. The molecule has 0 aliphatic rings. The summed E-state index contributed by atoms with van der Waals surface area (Å²) in [5, 5.41) is 12.6. The molecule has 112 valence electrons. The molecule has 3 rings (SSSR count). The molecule has 2 aromatic carbocycles. The van der Waals surface area contributed by atoms with E-state index in [4.69, 9.17) is 0 Å². The van der Waals surface area contributed by atoms with Gasteiger partial charge in [-0.25, -0.2) is 0 Å². The van der Waals surface area contributed by atoms with Gasteiger partial charge in [0.1, 0.15) is 5.75 Å². The molecular weight excluding hydrogens is 270 g/mol. The minimum absolute atomic E-state index is 0.251. The maximum Gasteiger partial charge on any atom is 0.116 e. The minimum Gasteiger partial charge on any atom is -0.508 e. The number of aromatic nitrogens is 1. The van der Waals surface area contributed by atoms with Crippen LogP contribution in [-0.2, 0) is 0 Å². The number of benzene rings is 2. The van der Waals surface area contributed by atoms with E-state index >= 15 is 0 Å². The van der Waals surface area contributed by atoms with Crippen molar-refractivity contribution in [3.05, 3.63) is 71.8 Å². The molecule has 0 aliphatic heterocycles. The van der Waals surface area contributed by atoms with Gasteiger partial charge in [-0.2, -0.15) is 0 Å². The smallest absolute Gasteiger partial charge is 0.116 e. The second-order valence-electron chi connectivity index (χ2n) is 4.64. The summed E-state index contributed by atoms with van der Waals surface area (Å²) in [6.45, 7) is 11.9. The van der Waals surface area contributed by atoms with Crippen molar-refractivity contribution < 1.29 is 5.11 Å². The Labute approximate surface area is 131 Å². The van der Waals surface area contributed by atoms with E-state index in [1.165, 1.54) is 0 Å². The lowest BCUT2D eigenvalue weighted by Gasteiger charge is -2.05. The molecular formula is C20H21NO. The highest BCUT2D eigenvalue weighted by molar-refractivity contribution is 5.85. The number of fused-ring (bicyclic) bond motifs is 1. The zero-order chi connectivity index (χ0) is 16.1. The molecule has 0 saturated carbocycles. The molecule has 1 aromatic heterocycles. The first-order valence-electron chi connectivity index (χ1n) is 7.43. The van der Waals surface area contributed by atoms with Crippen molar-refractivity contribution in [2.45, 2.75) is 13.8 Å². The first-order valence-corrected chi connectivity index (χ1v) is 7.43. The predicted molar refractivity (Wildman–Crippen MR) is 95.7 cm³/mol. The van der Waals surface area contributed by atoms with Gasteiger partial charge in [0.25, 0.3) is 0 Å². The van der Waals surface area contributed by atoms with E-state index in [1.807, 2.05) is 56.3 Å². The number of phenolic OH excluding ortho intramolecular Hbond substituents is 1. The molecule has 0 unspecified atom stereocenters. The van der Waals surface area contributed by atoms with Gasteiger partial charge in [0.15, 0.2) is 0 Å². The molecule has 3 aromatic rings. The Balaban J connectivity index is 0.000000847. The summed E-state index contributed by atoms with van der Waals surface area (Å²) >= 11 is 0. The molecule has 0 fully saturated rings. The molecule has 2 nitrogen and oxygen atoms in total. The Kier molecular flexibility index (Phi) is 4.84. The second-order valence-corrected chi connectivity index (χ2v) is 4.64. The van der Waals surface area contributed by atoms with Crippen LogP contribution in [0.2, 0.25) is 0 Å². The van der Waals surface area contributed by atoms with Crippen molar-refractivity contribution in [2.75, 3.05) is 0 Å². The van der Waals surface area contributed by atoms with E-state index < -0.39 is 0 Å². The normalized spacial score (nSPS) is 11.1. The highest BCUT2D eigenvalue weighted by Crippen LogP contribution is 2.19. The first kappa shape index (κ1) is 15.6. The van der Waals surface area contributed by atoms with Crippen molar-refractivity contribution in [1.82, 2.24) is 4.57 Å². The number of para-hydroxylation sites is 1. The van der Waals surface area contributed by atoms with Crippen LogP contribution in [0.4, 0.5) is 0 Å². The Morgan fingerprint density at radius 1 is 1.05 bits per heavy atom. The molecule has 0 amide bonds. The van der Waals surface area contributed by atoms with Crippen LogP contribution < -0.4 is 10.6 Å². The third-order valence-corrected chi connectivity index (χ3v) is 3.39. The summed E-state index contributed by atoms with van der Waals surface area (Å²) in [4.78, 5) is 0. The Hall–Kier alpha value is -2.74. The van der Waals surface area contributed by atoms with Gasteiger partial charge in [0.05, 0.1) is 5.52 Å². The zero-order valence-electron chi connectivity index (χ0n) is 13.1. The third-order valence-electron chi connectivity index (χ3n) is 3.39. The van der Waals surface area contributed by atoms with Crippen molar-refractivity contribution in [2.24, 2.45) is 0 Å². The molecule has 22 heavy (non-hydrogen) atoms. The standard InChI is InChI=1S/C18H15NO.C2H6/c1-3-7-16-13(2)19(14-8-5-4-6-9-14)18-11-10-15(20)12-17(16)18;1-2/h3-12,20H,1-2H2;1-2H3/b16-7+;. The highest BCUT2D eigenvalue weighted by Gasteiger charge is 2.08. The van der Waals surface area contributed by atoms with Gasteiger partial charge < -0.3 is 9.67 Å². The van der Waals surface area contributed by atoms with E-state index in [1.54, 1.807) is 18.2 Å². The van der Waals surface area contributed by atoms with Crippen LogP contribution in [-0.4, -0.2) is 9.67 Å². The number of hydrogen-bond donors (Lipinski definition) is 1. The fraction of sp³-hybridized carbons (Fsp3) is 0.100. The maximum absolute atomic E-state index is 9.72. The van der Waals surface area contributed by atoms with Crippen LogP contribution in [0, 0.1) is 0 Å². The molecule has 0 aliphatic carbocycles. The average Bonchev–Trinajstić information content (AvgIpc) is 2.82. The fourth-order valence-corrected chi connectivity index (χ4v) is 2.53. The van der Waals surface area contributed by atoms with Crippen LogP contribution in [0.15, 0.2) is 61.2 Å². The summed E-state index contributed by atoms with van der Waals surface area (Å²) in [6, 6.07) is 15.4. The first-order chi connectivity index (χ1) is 10.7. The van der Waals surface area contributed by atoms with Gasteiger partial charge >= 0.3 is 0 Å². The zero-order valence-corrected chi connectivity index (χ0v) is 13.1. The van der Waals surface area contributed by atoms with E-state index in [0.717, 1.165) is 27.2 Å². The van der Waals surface area contributed by atoms with Crippen molar-refractivity contribution in [1.29, 1.82) is 0 Å². The summed E-state index contributed by atoms with van der Waals surface area (Å²) in [6.07, 6.45) is 3.66. The largest absolute Gasteiger partial charge is 0.508 e. The van der Waals surface area contributed by atoms with Crippen LogP contribution >= 0.6 is 0 Å². The summed E-state index contributed by atoms with van der Waals surface area (Å²) in [5.41, 5.74) is 2.07. The fourth-order valence-electron chi connectivity index (χ4n) is 2.53. The molecule has 1 N–H and O–H groups in total. The number of nitrogens with zero attached hydrogens (tertiary/aromatic N) is 1. The number of rotatable bonds is 2. The van der Waals surface area contributed by atoms with Crippen LogP contribution in [0.1, 0.15) is 13.8 Å². The van der Waals surface area contributed by atoms with Crippen LogP contribution in [0.3, 0.4) is 0 Å². The monoisotopic (exact) mass is 291 g/mol. The van der Waals surface area contributed by atoms with E-state index in [2.05, 4.69) is 17.7 Å². The SMILES string of the molecule is C=C/C=c1\c(=C)n(-c2ccccc2)c2ccc(O)cc12.CC. The van der Waals surface area contributed by atoms with Gasteiger partial charge in [-0.3, -0.25) is 0 Å². The summed E-state index contributed by atoms with van der Waals surface area (Å²) in [7, 11) is 0. The lowest BCUT2D eigenvalue weighted by atomic mass is 10.2. The van der Waals surface area contributed by atoms with Crippen LogP contribution in [0.25, 0.3) is 29.2 Å². The Morgan fingerprint density at radius 3 is 2.36 bits per heavy atom. The van der Waals surface area contributed by atoms with Gasteiger partial charge in [-0.1, -0.05) is 57.4 Å². The number of hydrogen-bond acceptors (Lipinski definition) is 1. The molecule has 1 heterocycles. The van der Waals surface area contributed by atoms with E-state index in [9.17, 15) is 5.11 Å². The summed E-state index contributed by atoms with van der Waals surface area (Å²) < 4.78 is 2.09. The minimum atomic E-state index is 0.251. The topological polar surface area (TPSA) is 25.2 Å². The lowest BCUT2D eigenvalue weighted by molar-refractivity contribution is 0.476. The molecule has 0 atom stereocenters. The Bertz CT molecular complexity index is 889.